The van der Waals surface area contributed by atoms with Crippen LogP contribution in [0, 0.1) is 5.92 Å². The molecule has 6 aromatic rings. The lowest BCUT2D eigenvalue weighted by Crippen LogP contribution is -2.19. The van der Waals surface area contributed by atoms with Crippen LogP contribution in [0.3, 0.4) is 0 Å². The van der Waals surface area contributed by atoms with Crippen molar-refractivity contribution in [3.63, 3.8) is 0 Å². The molecule has 4 aromatic carbocycles. The van der Waals surface area contributed by atoms with Crippen LogP contribution >= 0.6 is 0 Å². The van der Waals surface area contributed by atoms with Gasteiger partial charge >= 0.3 is 0 Å². The van der Waals surface area contributed by atoms with Gasteiger partial charge in [0, 0.05) is 62.1 Å². The Morgan fingerprint density at radius 1 is 0.688 bits per heavy atom. The van der Waals surface area contributed by atoms with Crippen molar-refractivity contribution in [2.45, 2.75) is 31.7 Å². The van der Waals surface area contributed by atoms with E-state index in [-0.39, 0.29) is 23.5 Å². The first-order valence-corrected chi connectivity index (χ1v) is 16.9. The third-order valence-corrected chi connectivity index (χ3v) is 10.2. The van der Waals surface area contributed by atoms with Gasteiger partial charge in [-0.25, -0.2) is 0 Å². The number of carbonyl (C=O) groups excluding carboxylic acids is 2. The van der Waals surface area contributed by atoms with Gasteiger partial charge in [0.05, 0.1) is 22.6 Å². The van der Waals surface area contributed by atoms with Gasteiger partial charge in [-0.3, -0.25) is 9.59 Å². The van der Waals surface area contributed by atoms with Crippen LogP contribution in [0.4, 0.5) is 0 Å². The van der Waals surface area contributed by atoms with Crippen LogP contribution in [-0.2, 0) is 6.42 Å². The lowest BCUT2D eigenvalue weighted by molar-refractivity contribution is 0.0943. The molecule has 0 fully saturated rings. The van der Waals surface area contributed by atoms with Crippen molar-refractivity contribution >= 4 is 50.4 Å². The molecule has 0 aliphatic heterocycles. The molecule has 4 nitrogen and oxygen atoms in total. The lowest BCUT2D eigenvalue weighted by atomic mass is 9.87. The van der Waals surface area contributed by atoms with Crippen molar-refractivity contribution in [1.29, 1.82) is 0 Å². The van der Waals surface area contributed by atoms with E-state index in [1.807, 2.05) is 54.6 Å². The van der Waals surface area contributed by atoms with Crippen molar-refractivity contribution in [2.75, 3.05) is 0 Å². The van der Waals surface area contributed by atoms with Crippen molar-refractivity contribution in [2.24, 2.45) is 5.92 Å². The van der Waals surface area contributed by atoms with Gasteiger partial charge in [0.25, 0.3) is 0 Å². The summed E-state index contributed by atoms with van der Waals surface area (Å²) in [4.78, 5) is 27.3. The molecular weight excluding hydrogens is 588 g/mol. The minimum absolute atomic E-state index is 0.108. The third-order valence-electron chi connectivity index (χ3n) is 10.2. The lowest BCUT2D eigenvalue weighted by Gasteiger charge is -2.19. The van der Waals surface area contributed by atoms with E-state index in [2.05, 4.69) is 100 Å². The van der Waals surface area contributed by atoms with Crippen molar-refractivity contribution < 1.29 is 9.59 Å². The van der Waals surface area contributed by atoms with E-state index in [9.17, 15) is 9.59 Å². The van der Waals surface area contributed by atoms with E-state index >= 15 is 0 Å². The molecular formula is C44H34N2O2. The van der Waals surface area contributed by atoms with E-state index in [1.165, 1.54) is 0 Å². The van der Waals surface area contributed by atoms with Gasteiger partial charge in [-0.15, -0.1) is 0 Å². The van der Waals surface area contributed by atoms with E-state index < -0.39 is 0 Å². The Kier molecular flexibility index (Phi) is 6.82. The molecule has 2 unspecified atom stereocenters. The van der Waals surface area contributed by atoms with Gasteiger partial charge in [-0.2, -0.15) is 0 Å². The van der Waals surface area contributed by atoms with Crippen LogP contribution in [0.2, 0.25) is 0 Å². The smallest absolute Gasteiger partial charge is 0.189 e. The summed E-state index contributed by atoms with van der Waals surface area (Å²) in [6.45, 7) is 0. The molecule has 0 radical (unpaired) electrons. The fraction of sp³-hybridized carbons (Fsp3) is 0.136. The number of para-hydroxylation sites is 1. The molecule has 3 aliphatic rings. The van der Waals surface area contributed by atoms with Crippen LogP contribution in [0.1, 0.15) is 57.3 Å². The highest BCUT2D eigenvalue weighted by Crippen LogP contribution is 2.42. The summed E-state index contributed by atoms with van der Waals surface area (Å²) in [5.74, 6) is 0.0183. The monoisotopic (exact) mass is 622 g/mol. The summed E-state index contributed by atoms with van der Waals surface area (Å²) in [7, 11) is 0. The largest absolute Gasteiger partial charge is 0.333 e. The van der Waals surface area contributed by atoms with E-state index in [0.29, 0.717) is 6.42 Å². The predicted octanol–water partition coefficient (Wildman–Crippen LogP) is 10.3. The van der Waals surface area contributed by atoms with Gasteiger partial charge < -0.3 is 9.13 Å². The Morgan fingerprint density at radius 3 is 2.25 bits per heavy atom. The highest BCUT2D eigenvalue weighted by Gasteiger charge is 2.29. The van der Waals surface area contributed by atoms with Gasteiger partial charge in [-0.05, 0) is 49.6 Å². The molecule has 0 bridgehead atoms. The summed E-state index contributed by atoms with van der Waals surface area (Å²) < 4.78 is 4.78. The highest BCUT2D eigenvalue weighted by molar-refractivity contribution is 6.17. The number of carbonyl (C=O) groups is 2. The number of fused-ring (bicyclic) bond motifs is 6. The Balaban J connectivity index is 1.28. The van der Waals surface area contributed by atoms with Crippen molar-refractivity contribution in [3.8, 4) is 5.69 Å². The summed E-state index contributed by atoms with van der Waals surface area (Å²) in [6, 6.07) is 31.1. The van der Waals surface area contributed by atoms with Crippen LogP contribution in [0.25, 0.3) is 44.5 Å². The fourth-order valence-electron chi connectivity index (χ4n) is 7.88. The number of ketones is 2. The maximum Gasteiger partial charge on any atom is 0.189 e. The minimum atomic E-state index is -0.236. The average Bonchev–Trinajstić information content (AvgIpc) is 3.65. The second-order valence-electron chi connectivity index (χ2n) is 13.0. The van der Waals surface area contributed by atoms with E-state index in [4.69, 9.17) is 0 Å². The van der Waals surface area contributed by atoms with E-state index in [0.717, 1.165) is 85.6 Å². The summed E-state index contributed by atoms with van der Waals surface area (Å²) in [5, 5.41) is 3.46. The first kappa shape index (κ1) is 28.5. The molecule has 0 N–H and O–H groups in total. The molecule has 0 spiro atoms. The Bertz CT molecular complexity index is 2430. The summed E-state index contributed by atoms with van der Waals surface area (Å²) in [5.41, 5.74) is 9.08. The number of allylic oxidation sites excluding steroid dienone is 9. The molecule has 9 rings (SSSR count). The number of hydrogen-bond acceptors (Lipinski definition) is 2. The Morgan fingerprint density at radius 2 is 1.48 bits per heavy atom. The van der Waals surface area contributed by atoms with Gasteiger partial charge in [-0.1, -0.05) is 115 Å². The normalized spacial score (nSPS) is 18.5. The average molecular weight is 623 g/mol. The van der Waals surface area contributed by atoms with Crippen LogP contribution in [0.5, 0.6) is 0 Å². The first-order chi connectivity index (χ1) is 23.7. The molecule has 232 valence electrons. The summed E-state index contributed by atoms with van der Waals surface area (Å²) >= 11 is 0. The number of Topliss-reactive ketones (excluding diaryl/α,β-unsaturated/α-hetero) is 2. The molecule has 2 aromatic heterocycles. The minimum Gasteiger partial charge on any atom is -0.333 e. The number of nitrogens with zero attached hydrogens (tertiary/aromatic N) is 2. The highest BCUT2D eigenvalue weighted by atomic mass is 16.1. The predicted molar refractivity (Wildman–Crippen MR) is 196 cm³/mol. The zero-order chi connectivity index (χ0) is 32.2. The topological polar surface area (TPSA) is 44.0 Å². The second-order valence-corrected chi connectivity index (χ2v) is 13.0. The molecule has 2 heterocycles. The van der Waals surface area contributed by atoms with Crippen molar-refractivity contribution in [3.05, 3.63) is 168 Å². The maximum atomic E-state index is 13.7. The molecule has 4 heteroatoms. The standard InChI is InChI=1S/C44H34N2O2/c47-43(29-13-5-1-6-14-29)31-21-23-35-37-27-42-38(28-41(37)45(39(35)25-31)33-17-9-3-10-18-33)36-24-22-32(44(48)30-15-7-2-8-16-30)26-40(36)46(42)34-19-11-4-12-20-34/h1-7,9-15,17-19,21-24,26-28,31,34H,8,16,20,25H2. The van der Waals surface area contributed by atoms with Crippen LogP contribution in [0.15, 0.2) is 145 Å². The molecule has 3 aliphatic carbocycles. The van der Waals surface area contributed by atoms with Gasteiger partial charge in [0.2, 0.25) is 0 Å². The molecule has 2 atom stereocenters. The molecule has 48 heavy (non-hydrogen) atoms. The number of benzene rings is 4. The molecule has 0 saturated heterocycles. The molecule has 0 amide bonds. The van der Waals surface area contributed by atoms with Gasteiger partial charge in [0.1, 0.15) is 0 Å². The number of aromatic nitrogens is 2. The number of rotatable bonds is 6. The first-order valence-electron chi connectivity index (χ1n) is 16.9. The zero-order valence-electron chi connectivity index (χ0n) is 26.6. The SMILES string of the molecule is O=C(C1=CC=CCC1)c1ccc2c3cc4c(cc3n(C3C=CC=CC3)c2c1)c1c(n4-c2ccccc2)CC(C(=O)c2ccccc2)C=C1. The fourth-order valence-corrected chi connectivity index (χ4v) is 7.88. The van der Waals surface area contributed by atoms with Gasteiger partial charge in [0.15, 0.2) is 11.6 Å². The van der Waals surface area contributed by atoms with E-state index in [1.54, 1.807) is 0 Å². The Hall–Kier alpha value is -5.74. The molecule has 0 saturated carbocycles. The van der Waals surface area contributed by atoms with Crippen LogP contribution in [-0.4, -0.2) is 20.7 Å². The zero-order valence-corrected chi connectivity index (χ0v) is 26.6. The number of hydrogen-bond donors (Lipinski definition) is 0. The maximum absolute atomic E-state index is 13.7. The summed E-state index contributed by atoms with van der Waals surface area (Å²) in [6.07, 6.45) is 22.2. The quantitative estimate of drug-likeness (QED) is 0.174. The Labute approximate surface area is 279 Å². The second kappa shape index (κ2) is 11.5. The van der Waals surface area contributed by atoms with Crippen molar-refractivity contribution in [1.82, 2.24) is 9.13 Å². The third kappa shape index (κ3) is 4.59. The van der Waals surface area contributed by atoms with Crippen LogP contribution < -0.4 is 0 Å².